The second kappa shape index (κ2) is 8.65. The predicted octanol–water partition coefficient (Wildman–Crippen LogP) is 3.80. The van der Waals surface area contributed by atoms with E-state index in [4.69, 9.17) is 14.7 Å². The van der Waals surface area contributed by atoms with Crippen LogP contribution < -0.4 is 9.64 Å². The van der Waals surface area contributed by atoms with Gasteiger partial charge in [-0.3, -0.25) is 4.79 Å². The lowest BCUT2D eigenvalue weighted by molar-refractivity contribution is 0.0746. The van der Waals surface area contributed by atoms with E-state index in [9.17, 15) is 9.18 Å². The van der Waals surface area contributed by atoms with E-state index >= 15 is 0 Å². The molecule has 4 aromatic rings. The van der Waals surface area contributed by atoms with Gasteiger partial charge in [0.05, 0.1) is 24.4 Å². The average Bonchev–Trinajstić information content (AvgIpc) is 3.68. The summed E-state index contributed by atoms with van der Waals surface area (Å²) in [5, 5.41) is 5.41. The number of hydrogen-bond donors (Lipinski definition) is 0. The number of hydrogen-bond acceptors (Lipinski definition) is 6. The number of aromatic nitrogens is 4. The van der Waals surface area contributed by atoms with Crippen molar-refractivity contribution < 1.29 is 13.9 Å². The molecule has 1 aliphatic carbocycles. The highest BCUT2D eigenvalue weighted by Gasteiger charge is 2.31. The van der Waals surface area contributed by atoms with Crippen molar-refractivity contribution in [2.45, 2.75) is 18.8 Å². The Labute approximate surface area is 202 Å². The molecule has 3 heterocycles. The molecule has 0 radical (unpaired) electrons. The van der Waals surface area contributed by atoms with E-state index < -0.39 is 0 Å². The molecule has 178 valence electrons. The third-order valence-electron chi connectivity index (χ3n) is 6.64. The second-order valence-electron chi connectivity index (χ2n) is 8.96. The van der Waals surface area contributed by atoms with Crippen LogP contribution in [0.3, 0.4) is 0 Å². The summed E-state index contributed by atoms with van der Waals surface area (Å²) in [5.74, 6) is 2.50. The first-order valence-corrected chi connectivity index (χ1v) is 11.8. The summed E-state index contributed by atoms with van der Waals surface area (Å²) in [7, 11) is 1.61. The van der Waals surface area contributed by atoms with Gasteiger partial charge in [-0.1, -0.05) is 0 Å². The number of amides is 1. The first-order valence-electron chi connectivity index (χ1n) is 11.8. The van der Waals surface area contributed by atoms with Crippen LogP contribution in [0.2, 0.25) is 0 Å². The normalized spacial score (nSPS) is 16.1. The quantitative estimate of drug-likeness (QED) is 0.440. The van der Waals surface area contributed by atoms with Crippen molar-refractivity contribution >= 4 is 22.8 Å². The number of ether oxygens (including phenoxy) is 1. The average molecular weight is 473 g/mol. The number of nitrogens with zero attached hydrogens (tertiary/aromatic N) is 6. The number of halogens is 1. The van der Waals surface area contributed by atoms with Gasteiger partial charge in [0.1, 0.15) is 23.2 Å². The molecule has 2 aliphatic rings. The van der Waals surface area contributed by atoms with Crippen molar-refractivity contribution in [2.75, 3.05) is 38.2 Å². The van der Waals surface area contributed by atoms with E-state index in [2.05, 4.69) is 10.00 Å². The summed E-state index contributed by atoms with van der Waals surface area (Å²) >= 11 is 0. The van der Waals surface area contributed by atoms with Crippen LogP contribution in [-0.2, 0) is 0 Å². The summed E-state index contributed by atoms with van der Waals surface area (Å²) < 4.78 is 20.4. The highest BCUT2D eigenvalue weighted by atomic mass is 19.1. The third kappa shape index (κ3) is 4.07. The molecule has 1 saturated carbocycles. The Morgan fingerprint density at radius 1 is 0.971 bits per heavy atom. The molecule has 35 heavy (non-hydrogen) atoms. The third-order valence-corrected chi connectivity index (χ3v) is 6.64. The minimum absolute atomic E-state index is 0.0166. The maximum absolute atomic E-state index is 13.5. The number of methoxy groups -OCH3 is 1. The molecule has 0 spiro atoms. The number of rotatable bonds is 5. The Morgan fingerprint density at radius 2 is 1.69 bits per heavy atom. The summed E-state index contributed by atoms with van der Waals surface area (Å²) in [6, 6.07) is 13.4. The van der Waals surface area contributed by atoms with E-state index in [-0.39, 0.29) is 11.7 Å². The monoisotopic (exact) mass is 472 g/mol. The van der Waals surface area contributed by atoms with Gasteiger partial charge in [-0.15, -0.1) is 0 Å². The summed E-state index contributed by atoms with van der Waals surface area (Å²) in [4.78, 5) is 26.9. The highest BCUT2D eigenvalue weighted by molar-refractivity contribution is 5.94. The topological polar surface area (TPSA) is 76.4 Å². The Bertz CT molecular complexity index is 1370. The highest BCUT2D eigenvalue weighted by Crippen LogP contribution is 2.40. The molecule has 0 bridgehead atoms. The zero-order chi connectivity index (χ0) is 23.9. The molecule has 1 amide bonds. The number of carbonyl (C=O) groups excluding carboxylic acids is 1. The minimum Gasteiger partial charge on any atom is -0.497 e. The van der Waals surface area contributed by atoms with E-state index in [1.165, 1.54) is 12.1 Å². The fourth-order valence-corrected chi connectivity index (χ4v) is 4.48. The first-order chi connectivity index (χ1) is 17.1. The van der Waals surface area contributed by atoms with Crippen LogP contribution in [-0.4, -0.2) is 63.8 Å². The van der Waals surface area contributed by atoms with Crippen molar-refractivity contribution in [3.8, 4) is 11.4 Å². The molecule has 2 aromatic carbocycles. The zero-order valence-corrected chi connectivity index (χ0v) is 19.4. The van der Waals surface area contributed by atoms with Gasteiger partial charge in [-0.05, 0) is 61.4 Å². The number of piperazine rings is 1. The van der Waals surface area contributed by atoms with Crippen molar-refractivity contribution in [3.63, 3.8) is 0 Å². The van der Waals surface area contributed by atoms with Crippen LogP contribution >= 0.6 is 0 Å². The molecule has 6 rings (SSSR count). The lowest BCUT2D eigenvalue weighted by atomic mass is 10.1. The van der Waals surface area contributed by atoms with Crippen LogP contribution in [0, 0.1) is 5.82 Å². The van der Waals surface area contributed by atoms with Crippen LogP contribution in [0.15, 0.2) is 54.7 Å². The minimum atomic E-state index is -0.291. The standard InChI is InChI=1S/C26H25FN6O2/c1-35-21-10-4-18(5-11-21)26(34)32-14-12-31(13-15-32)24-22-16-28-33(20-8-6-19(27)7-9-20)25(22)30-23(29-24)17-2-3-17/h4-11,16-17H,2-3,12-15H2,1H3. The van der Waals surface area contributed by atoms with Gasteiger partial charge >= 0.3 is 0 Å². The number of anilines is 1. The maximum Gasteiger partial charge on any atom is 0.253 e. The lowest BCUT2D eigenvalue weighted by Crippen LogP contribution is -2.49. The largest absolute Gasteiger partial charge is 0.497 e. The Kier molecular flexibility index (Phi) is 5.32. The molecular weight excluding hydrogens is 447 g/mol. The SMILES string of the molecule is COc1ccc(C(=O)N2CCN(c3nc(C4CC4)nc4c3cnn4-c3ccc(F)cc3)CC2)cc1. The number of benzene rings is 2. The van der Waals surface area contributed by atoms with Crippen LogP contribution in [0.4, 0.5) is 10.2 Å². The molecule has 8 nitrogen and oxygen atoms in total. The van der Waals surface area contributed by atoms with Gasteiger partial charge in [0, 0.05) is 37.7 Å². The Morgan fingerprint density at radius 3 is 2.34 bits per heavy atom. The molecule has 1 saturated heterocycles. The molecule has 1 aliphatic heterocycles. The predicted molar refractivity (Wildman–Crippen MR) is 130 cm³/mol. The van der Waals surface area contributed by atoms with E-state index in [1.54, 1.807) is 54.4 Å². The number of carbonyl (C=O) groups is 1. The molecule has 0 N–H and O–H groups in total. The molecule has 2 aromatic heterocycles. The van der Waals surface area contributed by atoms with Gasteiger partial charge in [0.25, 0.3) is 5.91 Å². The molecule has 0 unspecified atom stereocenters. The first kappa shape index (κ1) is 21.5. The van der Waals surface area contributed by atoms with E-state index in [0.29, 0.717) is 37.7 Å². The van der Waals surface area contributed by atoms with Gasteiger partial charge in [0.15, 0.2) is 5.65 Å². The Hall–Kier alpha value is -4.01. The summed E-state index contributed by atoms with van der Waals surface area (Å²) in [5.41, 5.74) is 2.13. The van der Waals surface area contributed by atoms with Crippen molar-refractivity contribution in [1.82, 2.24) is 24.6 Å². The van der Waals surface area contributed by atoms with E-state index in [0.717, 1.165) is 47.0 Å². The second-order valence-corrected chi connectivity index (χ2v) is 8.96. The summed E-state index contributed by atoms with van der Waals surface area (Å²) in [6.45, 7) is 2.53. The van der Waals surface area contributed by atoms with Gasteiger partial charge in [0.2, 0.25) is 0 Å². The van der Waals surface area contributed by atoms with Crippen molar-refractivity contribution in [2.24, 2.45) is 0 Å². The molecule has 0 atom stereocenters. The Balaban J connectivity index is 1.27. The maximum atomic E-state index is 13.5. The van der Waals surface area contributed by atoms with Crippen LogP contribution in [0.5, 0.6) is 5.75 Å². The fourth-order valence-electron chi connectivity index (χ4n) is 4.48. The van der Waals surface area contributed by atoms with Gasteiger partial charge in [-0.25, -0.2) is 19.0 Å². The molecular formula is C26H25FN6O2. The van der Waals surface area contributed by atoms with Crippen molar-refractivity contribution in [1.29, 1.82) is 0 Å². The van der Waals surface area contributed by atoms with Gasteiger partial charge < -0.3 is 14.5 Å². The smallest absolute Gasteiger partial charge is 0.253 e. The van der Waals surface area contributed by atoms with Crippen LogP contribution in [0.25, 0.3) is 16.7 Å². The van der Waals surface area contributed by atoms with Crippen molar-refractivity contribution in [3.05, 3.63) is 71.9 Å². The zero-order valence-electron chi connectivity index (χ0n) is 19.4. The number of fused-ring (bicyclic) bond motifs is 1. The van der Waals surface area contributed by atoms with Crippen LogP contribution in [0.1, 0.15) is 34.9 Å². The lowest BCUT2D eigenvalue weighted by Gasteiger charge is -2.35. The molecule has 9 heteroatoms. The van der Waals surface area contributed by atoms with E-state index in [1.807, 2.05) is 4.90 Å². The fraction of sp³-hybridized carbons (Fsp3) is 0.308. The van der Waals surface area contributed by atoms with Gasteiger partial charge in [-0.2, -0.15) is 5.10 Å². The molecule has 2 fully saturated rings. The summed E-state index contributed by atoms with van der Waals surface area (Å²) in [6.07, 6.45) is 3.94.